The molecule has 0 spiro atoms. The molecule has 2 aliphatic heterocycles. The number of nitrogens with one attached hydrogen (secondary N) is 2. The third-order valence-electron chi connectivity index (χ3n) is 6.11. The molecule has 2 saturated heterocycles. The molecule has 2 aromatic carbocycles. The van der Waals surface area contributed by atoms with Crippen molar-refractivity contribution < 1.29 is 18.8 Å². The summed E-state index contributed by atoms with van der Waals surface area (Å²) in [5.74, 6) is -0.241. The SMILES string of the molecule is CC(=O)N1CCN(C=O)CC1.CC(C)(C)C.O=CNc1cc(Cl)c(F)cc1C1CNCC1c1cccc(Cl)c1. The summed E-state index contributed by atoms with van der Waals surface area (Å²) in [7, 11) is 0. The molecule has 7 nitrogen and oxygen atoms in total. The first-order chi connectivity index (χ1) is 18.3. The molecule has 214 valence electrons. The van der Waals surface area contributed by atoms with E-state index in [9.17, 15) is 18.8 Å². The molecule has 0 saturated carbocycles. The van der Waals surface area contributed by atoms with E-state index < -0.39 is 5.82 Å². The Morgan fingerprint density at radius 2 is 1.64 bits per heavy atom. The molecule has 2 N–H and O–H groups in total. The van der Waals surface area contributed by atoms with E-state index in [1.165, 1.54) is 12.1 Å². The molecule has 2 aromatic rings. The summed E-state index contributed by atoms with van der Waals surface area (Å²) in [6, 6.07) is 10.5. The number of hydrogen-bond acceptors (Lipinski definition) is 4. The quantitative estimate of drug-likeness (QED) is 0.455. The number of anilines is 1. The van der Waals surface area contributed by atoms with Crippen LogP contribution < -0.4 is 10.6 Å². The highest BCUT2D eigenvalue weighted by Crippen LogP contribution is 2.41. The minimum absolute atomic E-state index is 0.0108. The maximum Gasteiger partial charge on any atom is 0.219 e. The van der Waals surface area contributed by atoms with Gasteiger partial charge in [0.05, 0.1) is 5.02 Å². The summed E-state index contributed by atoms with van der Waals surface area (Å²) in [5, 5.41) is 6.60. The first-order valence-corrected chi connectivity index (χ1v) is 13.7. The maximum atomic E-state index is 14.0. The van der Waals surface area contributed by atoms with E-state index in [-0.39, 0.29) is 22.8 Å². The minimum Gasteiger partial charge on any atom is -0.342 e. The van der Waals surface area contributed by atoms with Crippen LogP contribution in [0.2, 0.25) is 10.0 Å². The lowest BCUT2D eigenvalue weighted by molar-refractivity contribution is -0.133. The fourth-order valence-corrected chi connectivity index (χ4v) is 4.66. The molecule has 10 heteroatoms. The van der Waals surface area contributed by atoms with Crippen LogP contribution in [0.5, 0.6) is 0 Å². The number of amides is 3. The number of carbonyl (C=O) groups excluding carboxylic acids is 3. The van der Waals surface area contributed by atoms with Crippen LogP contribution in [0.15, 0.2) is 36.4 Å². The molecular formula is C29H39Cl2FN4O3. The van der Waals surface area contributed by atoms with Crippen LogP contribution in [-0.4, -0.2) is 67.8 Å². The van der Waals surface area contributed by atoms with Gasteiger partial charge in [0.15, 0.2) is 0 Å². The van der Waals surface area contributed by atoms with Gasteiger partial charge in [-0.05, 0) is 40.8 Å². The fraction of sp³-hybridized carbons (Fsp3) is 0.483. The lowest BCUT2D eigenvalue weighted by Crippen LogP contribution is -2.47. The van der Waals surface area contributed by atoms with Crippen LogP contribution in [-0.2, 0) is 14.4 Å². The van der Waals surface area contributed by atoms with Crippen LogP contribution in [0.1, 0.15) is 57.6 Å². The van der Waals surface area contributed by atoms with Crippen molar-refractivity contribution in [1.29, 1.82) is 0 Å². The Morgan fingerprint density at radius 3 is 2.18 bits per heavy atom. The first-order valence-electron chi connectivity index (χ1n) is 12.9. The van der Waals surface area contributed by atoms with Gasteiger partial charge >= 0.3 is 0 Å². The van der Waals surface area contributed by atoms with Crippen molar-refractivity contribution in [2.75, 3.05) is 44.6 Å². The minimum atomic E-state index is -0.491. The summed E-state index contributed by atoms with van der Waals surface area (Å²) in [4.78, 5) is 35.4. The molecule has 2 atom stereocenters. The average molecular weight is 582 g/mol. The Labute approximate surface area is 241 Å². The number of piperazine rings is 1. The van der Waals surface area contributed by atoms with Gasteiger partial charge in [0.25, 0.3) is 0 Å². The summed E-state index contributed by atoms with van der Waals surface area (Å²) in [6.45, 7) is 14.4. The Hall–Kier alpha value is -2.68. The van der Waals surface area contributed by atoms with Gasteiger partial charge in [-0.25, -0.2) is 4.39 Å². The van der Waals surface area contributed by atoms with E-state index in [0.717, 1.165) is 24.1 Å². The van der Waals surface area contributed by atoms with Gasteiger partial charge in [0.2, 0.25) is 18.7 Å². The Kier molecular flexibility index (Phi) is 12.7. The second kappa shape index (κ2) is 15.2. The van der Waals surface area contributed by atoms with Crippen LogP contribution >= 0.6 is 23.2 Å². The summed E-state index contributed by atoms with van der Waals surface area (Å²) in [5.41, 5.74) is 2.85. The van der Waals surface area contributed by atoms with Crippen molar-refractivity contribution in [1.82, 2.24) is 15.1 Å². The number of halogens is 3. The Bertz CT molecular complexity index is 1110. The van der Waals surface area contributed by atoms with E-state index in [2.05, 4.69) is 38.3 Å². The third kappa shape index (κ3) is 10.8. The third-order valence-corrected chi connectivity index (χ3v) is 6.63. The smallest absolute Gasteiger partial charge is 0.219 e. The summed E-state index contributed by atoms with van der Waals surface area (Å²) in [6.07, 6.45) is 1.40. The first kappa shape index (κ1) is 32.5. The van der Waals surface area contributed by atoms with E-state index in [0.29, 0.717) is 55.3 Å². The molecule has 2 heterocycles. The zero-order valence-electron chi connectivity index (χ0n) is 23.3. The number of rotatable bonds is 5. The maximum absolute atomic E-state index is 14.0. The average Bonchev–Trinajstić information content (AvgIpc) is 3.35. The molecule has 2 unspecified atom stereocenters. The highest BCUT2D eigenvalue weighted by Gasteiger charge is 2.32. The zero-order chi connectivity index (χ0) is 29.2. The fourth-order valence-electron chi connectivity index (χ4n) is 4.29. The molecule has 4 rings (SSSR count). The van der Waals surface area contributed by atoms with Crippen LogP contribution in [0.3, 0.4) is 0 Å². The topological polar surface area (TPSA) is 81.8 Å². The van der Waals surface area contributed by atoms with Gasteiger partial charge < -0.3 is 20.4 Å². The lowest BCUT2D eigenvalue weighted by atomic mass is 9.83. The van der Waals surface area contributed by atoms with Gasteiger partial charge in [0, 0.05) is 68.7 Å². The standard InChI is InChI=1S/C17H15Cl2FN2O.C7H12N2O2.C5H12/c18-11-3-1-2-10(4-11)13-7-21-8-14(13)12-5-16(20)15(19)6-17(12)22-9-23;1-7(11)9-4-2-8(6-10)3-5-9;1-5(2,3)4/h1-6,9,13-14,21H,7-8H2,(H,22,23);6H,2-5H2,1H3;1-4H3. The summed E-state index contributed by atoms with van der Waals surface area (Å²) >= 11 is 11.9. The highest BCUT2D eigenvalue weighted by molar-refractivity contribution is 6.31. The van der Waals surface area contributed by atoms with Gasteiger partial charge in [-0.2, -0.15) is 0 Å². The predicted octanol–water partition coefficient (Wildman–Crippen LogP) is 5.53. The largest absolute Gasteiger partial charge is 0.342 e. The Balaban J connectivity index is 0.000000276. The Morgan fingerprint density at radius 1 is 1.03 bits per heavy atom. The van der Waals surface area contributed by atoms with Gasteiger partial charge in [-0.3, -0.25) is 14.4 Å². The molecule has 0 bridgehead atoms. The zero-order valence-corrected chi connectivity index (χ0v) is 24.8. The summed E-state index contributed by atoms with van der Waals surface area (Å²) < 4.78 is 14.0. The van der Waals surface area contributed by atoms with Gasteiger partial charge in [-0.1, -0.05) is 63.0 Å². The predicted molar refractivity (Wildman–Crippen MR) is 156 cm³/mol. The molecule has 39 heavy (non-hydrogen) atoms. The monoisotopic (exact) mass is 580 g/mol. The van der Waals surface area contributed by atoms with Crippen molar-refractivity contribution in [2.45, 2.75) is 46.5 Å². The molecule has 0 radical (unpaired) electrons. The van der Waals surface area contributed by atoms with E-state index in [1.807, 2.05) is 24.3 Å². The highest BCUT2D eigenvalue weighted by atomic mass is 35.5. The van der Waals surface area contributed by atoms with Crippen LogP contribution in [0.4, 0.5) is 10.1 Å². The van der Waals surface area contributed by atoms with Crippen molar-refractivity contribution in [3.63, 3.8) is 0 Å². The van der Waals surface area contributed by atoms with E-state index in [1.54, 1.807) is 16.7 Å². The van der Waals surface area contributed by atoms with Crippen molar-refractivity contribution in [3.05, 3.63) is 63.4 Å². The molecular weight excluding hydrogens is 542 g/mol. The normalized spacial score (nSPS) is 18.8. The van der Waals surface area contributed by atoms with Crippen molar-refractivity contribution in [3.8, 4) is 0 Å². The number of carbonyl (C=O) groups is 3. The molecule has 2 aliphatic rings. The number of hydrogen-bond donors (Lipinski definition) is 2. The lowest BCUT2D eigenvalue weighted by Gasteiger charge is -2.31. The number of benzene rings is 2. The molecule has 0 aromatic heterocycles. The second-order valence-corrected chi connectivity index (χ2v) is 12.0. The molecule has 2 fully saturated rings. The second-order valence-electron chi connectivity index (χ2n) is 11.2. The number of nitrogens with zero attached hydrogens (tertiary/aromatic N) is 2. The van der Waals surface area contributed by atoms with E-state index >= 15 is 0 Å². The van der Waals surface area contributed by atoms with E-state index in [4.69, 9.17) is 23.2 Å². The van der Waals surface area contributed by atoms with Crippen LogP contribution in [0, 0.1) is 11.2 Å². The molecule has 3 amide bonds. The molecule has 0 aliphatic carbocycles. The van der Waals surface area contributed by atoms with Gasteiger partial charge in [-0.15, -0.1) is 0 Å². The van der Waals surface area contributed by atoms with Crippen molar-refractivity contribution in [2.24, 2.45) is 5.41 Å². The van der Waals surface area contributed by atoms with Gasteiger partial charge in [0.1, 0.15) is 5.82 Å². The van der Waals surface area contributed by atoms with Crippen LogP contribution in [0.25, 0.3) is 0 Å². The van der Waals surface area contributed by atoms with Crippen molar-refractivity contribution >= 4 is 47.6 Å².